The van der Waals surface area contributed by atoms with Gasteiger partial charge >= 0.3 is 0 Å². The highest BCUT2D eigenvalue weighted by atomic mass is 32.2. The topological polar surface area (TPSA) is 37.3 Å². The van der Waals surface area contributed by atoms with E-state index in [0.29, 0.717) is 6.42 Å². The van der Waals surface area contributed by atoms with Crippen molar-refractivity contribution < 1.29 is 9.90 Å². The Morgan fingerprint density at radius 3 is 2.45 bits per heavy atom. The van der Waals surface area contributed by atoms with Crippen LogP contribution in [0, 0.1) is 5.92 Å². The van der Waals surface area contributed by atoms with Gasteiger partial charge in [0.15, 0.2) is 5.12 Å². The predicted octanol–water partition coefficient (Wildman–Crippen LogP) is 1.67. The van der Waals surface area contributed by atoms with Crippen molar-refractivity contribution in [1.29, 1.82) is 0 Å². The number of hydrogen-bond donors (Lipinski definition) is 1. The molecule has 0 unspecified atom stereocenters. The molecule has 0 bridgehead atoms. The first-order valence-electron chi connectivity index (χ1n) is 3.98. The second-order valence-corrected chi connectivity index (χ2v) is 3.78. The molecule has 0 aliphatic carbocycles. The maximum absolute atomic E-state index is 11.1. The van der Waals surface area contributed by atoms with Crippen LogP contribution in [0.25, 0.3) is 0 Å². The highest BCUT2D eigenvalue weighted by Gasteiger charge is 2.19. The van der Waals surface area contributed by atoms with Gasteiger partial charge in [-0.15, -0.1) is 0 Å². The molecular weight excluding hydrogens is 160 g/mol. The first kappa shape index (κ1) is 11.0. The smallest absolute Gasteiger partial charge is 0.194 e. The number of carbonyl (C=O) groups is 1. The number of rotatable bonds is 4. The fourth-order valence-corrected chi connectivity index (χ4v) is 1.49. The monoisotopic (exact) mass is 176 g/mol. The van der Waals surface area contributed by atoms with Crippen LogP contribution in [0.5, 0.6) is 0 Å². The summed E-state index contributed by atoms with van der Waals surface area (Å²) in [7, 11) is 0. The lowest BCUT2D eigenvalue weighted by Gasteiger charge is -2.14. The van der Waals surface area contributed by atoms with E-state index in [-0.39, 0.29) is 11.0 Å². The summed E-state index contributed by atoms with van der Waals surface area (Å²) in [6.45, 7) is 5.60. The maximum Gasteiger partial charge on any atom is 0.194 e. The van der Waals surface area contributed by atoms with E-state index in [1.54, 1.807) is 6.92 Å². The van der Waals surface area contributed by atoms with Crippen molar-refractivity contribution in [1.82, 2.24) is 0 Å². The summed E-state index contributed by atoms with van der Waals surface area (Å²) in [5.41, 5.74) is 0. The molecule has 11 heavy (non-hydrogen) atoms. The van der Waals surface area contributed by atoms with Gasteiger partial charge in [-0.25, -0.2) is 0 Å². The Morgan fingerprint density at radius 2 is 2.09 bits per heavy atom. The van der Waals surface area contributed by atoms with Gasteiger partial charge in [0, 0.05) is 0 Å². The first-order valence-corrected chi connectivity index (χ1v) is 4.96. The molecule has 0 aromatic heterocycles. The minimum absolute atomic E-state index is 0.0989. The van der Waals surface area contributed by atoms with E-state index in [0.717, 1.165) is 5.75 Å². The van der Waals surface area contributed by atoms with Gasteiger partial charge in [-0.1, -0.05) is 32.5 Å². The number of hydrogen-bond acceptors (Lipinski definition) is 3. The van der Waals surface area contributed by atoms with Crippen LogP contribution >= 0.6 is 11.8 Å². The Hall–Kier alpha value is -0.0200. The molecule has 0 aliphatic heterocycles. The van der Waals surface area contributed by atoms with Crippen LogP contribution in [0.2, 0.25) is 0 Å². The lowest BCUT2D eigenvalue weighted by Crippen LogP contribution is -2.22. The molecule has 2 atom stereocenters. The highest BCUT2D eigenvalue weighted by Crippen LogP contribution is 2.15. The van der Waals surface area contributed by atoms with E-state index in [4.69, 9.17) is 0 Å². The molecular formula is C8H16O2S. The van der Waals surface area contributed by atoms with E-state index in [1.807, 2.05) is 13.8 Å². The molecule has 2 nitrogen and oxygen atoms in total. The average Bonchev–Trinajstić information content (AvgIpc) is 2.02. The van der Waals surface area contributed by atoms with Crippen LogP contribution in [0.3, 0.4) is 0 Å². The lowest BCUT2D eigenvalue weighted by atomic mass is 10.1. The Balaban J connectivity index is 3.80. The summed E-state index contributed by atoms with van der Waals surface area (Å²) < 4.78 is 0. The molecule has 3 heteroatoms. The zero-order valence-corrected chi connectivity index (χ0v) is 8.15. The normalized spacial score (nSPS) is 16.0. The SMILES string of the molecule is CCSC(=O)[C@@H](C)[C@H](O)CC. The molecule has 1 N–H and O–H groups in total. The predicted molar refractivity (Wildman–Crippen MR) is 48.6 cm³/mol. The van der Waals surface area contributed by atoms with E-state index in [9.17, 15) is 9.90 Å². The third-order valence-electron chi connectivity index (χ3n) is 1.65. The van der Waals surface area contributed by atoms with E-state index >= 15 is 0 Å². The summed E-state index contributed by atoms with van der Waals surface area (Å²) in [5.74, 6) is 0.574. The molecule has 0 heterocycles. The molecule has 0 radical (unpaired) electrons. The number of thioether (sulfide) groups is 1. The van der Waals surface area contributed by atoms with Crippen molar-refractivity contribution in [3.05, 3.63) is 0 Å². The van der Waals surface area contributed by atoms with Gasteiger partial charge < -0.3 is 5.11 Å². The molecule has 66 valence electrons. The van der Waals surface area contributed by atoms with Crippen LogP contribution < -0.4 is 0 Å². The van der Waals surface area contributed by atoms with Gasteiger partial charge in [-0.3, -0.25) is 4.79 Å². The minimum Gasteiger partial charge on any atom is -0.392 e. The summed E-state index contributed by atoms with van der Waals surface area (Å²) >= 11 is 1.28. The largest absolute Gasteiger partial charge is 0.392 e. The van der Waals surface area contributed by atoms with E-state index in [1.165, 1.54) is 11.8 Å². The van der Waals surface area contributed by atoms with E-state index in [2.05, 4.69) is 0 Å². The van der Waals surface area contributed by atoms with Crippen molar-refractivity contribution in [3.63, 3.8) is 0 Å². The Labute approximate surface area is 72.4 Å². The maximum atomic E-state index is 11.1. The summed E-state index contributed by atoms with van der Waals surface area (Å²) in [4.78, 5) is 11.1. The standard InChI is InChI=1S/C8H16O2S/c1-4-7(9)6(3)8(10)11-5-2/h6-7,9H,4-5H2,1-3H3/t6-,7+/m0/s1. The molecule has 0 aromatic carbocycles. The Kier molecular flexibility index (Phi) is 5.60. The van der Waals surface area contributed by atoms with Gasteiger partial charge in [0.05, 0.1) is 12.0 Å². The van der Waals surface area contributed by atoms with Crippen molar-refractivity contribution in [3.8, 4) is 0 Å². The molecule has 0 saturated heterocycles. The zero-order chi connectivity index (χ0) is 8.85. The van der Waals surface area contributed by atoms with Crippen molar-refractivity contribution >= 4 is 16.9 Å². The van der Waals surface area contributed by atoms with Crippen molar-refractivity contribution in [2.45, 2.75) is 33.3 Å². The van der Waals surface area contributed by atoms with Gasteiger partial charge in [-0.05, 0) is 12.2 Å². The first-order chi connectivity index (χ1) is 5.13. The molecule has 0 aromatic rings. The van der Waals surface area contributed by atoms with Gasteiger partial charge in [0.25, 0.3) is 0 Å². The number of carbonyl (C=O) groups excluding carboxylic acids is 1. The van der Waals surface area contributed by atoms with Crippen LogP contribution in [0.15, 0.2) is 0 Å². The van der Waals surface area contributed by atoms with Crippen LogP contribution in [0.4, 0.5) is 0 Å². The minimum atomic E-state index is -0.471. The fourth-order valence-electron chi connectivity index (χ4n) is 0.784. The van der Waals surface area contributed by atoms with Crippen molar-refractivity contribution in [2.24, 2.45) is 5.92 Å². The number of aliphatic hydroxyl groups is 1. The third-order valence-corrected chi connectivity index (χ3v) is 2.60. The van der Waals surface area contributed by atoms with Crippen LogP contribution in [-0.2, 0) is 4.79 Å². The molecule has 0 spiro atoms. The molecule has 0 fully saturated rings. The second-order valence-electron chi connectivity index (χ2n) is 2.52. The quantitative estimate of drug-likeness (QED) is 0.708. The fraction of sp³-hybridized carbons (Fsp3) is 0.875. The van der Waals surface area contributed by atoms with Crippen molar-refractivity contribution in [2.75, 3.05) is 5.75 Å². The Morgan fingerprint density at radius 1 is 1.55 bits per heavy atom. The summed E-state index contributed by atoms with van der Waals surface area (Å²) in [5, 5.41) is 9.39. The summed E-state index contributed by atoms with van der Waals surface area (Å²) in [6.07, 6.45) is 0.179. The van der Waals surface area contributed by atoms with Gasteiger partial charge in [-0.2, -0.15) is 0 Å². The third kappa shape index (κ3) is 3.77. The zero-order valence-electron chi connectivity index (χ0n) is 7.33. The number of aliphatic hydroxyl groups excluding tert-OH is 1. The van der Waals surface area contributed by atoms with Gasteiger partial charge in [0.2, 0.25) is 0 Å². The van der Waals surface area contributed by atoms with Crippen LogP contribution in [0.1, 0.15) is 27.2 Å². The molecule has 0 saturated carbocycles. The Bertz CT molecular complexity index is 125. The van der Waals surface area contributed by atoms with Crippen LogP contribution in [-0.4, -0.2) is 22.1 Å². The lowest BCUT2D eigenvalue weighted by molar-refractivity contribution is -0.116. The second kappa shape index (κ2) is 5.61. The highest BCUT2D eigenvalue weighted by molar-refractivity contribution is 8.13. The molecule has 0 aliphatic rings. The van der Waals surface area contributed by atoms with Gasteiger partial charge in [0.1, 0.15) is 0 Å². The van der Waals surface area contributed by atoms with E-state index < -0.39 is 6.10 Å². The molecule has 0 amide bonds. The average molecular weight is 176 g/mol. The summed E-state index contributed by atoms with van der Waals surface area (Å²) in [6, 6.07) is 0. The molecule has 0 rings (SSSR count).